The molecule has 2 amide bonds. The number of ketones is 1. The van der Waals surface area contributed by atoms with Gasteiger partial charge >= 0.3 is 0 Å². The maximum Gasteiger partial charge on any atom is 0.239 e. The third-order valence-corrected chi connectivity index (χ3v) is 8.82. The van der Waals surface area contributed by atoms with Crippen molar-refractivity contribution in [2.45, 2.75) is 26.7 Å². The Morgan fingerprint density at radius 3 is 1.51 bits per heavy atom. The van der Waals surface area contributed by atoms with Crippen LogP contribution in [0.5, 0.6) is 0 Å². The highest BCUT2D eigenvalue weighted by atomic mass is 16.2. The lowest BCUT2D eigenvalue weighted by molar-refractivity contribution is -0.134. The minimum absolute atomic E-state index is 0.00103. The lowest BCUT2D eigenvalue weighted by Crippen LogP contribution is -2.41. The Kier molecular flexibility index (Phi) is 5.07. The molecule has 1 saturated heterocycles. The number of hydrogen-bond acceptors (Lipinski definition) is 4. The Bertz CT molecular complexity index is 1430. The normalized spacial score (nSPS) is 28.1. The zero-order valence-electron chi connectivity index (χ0n) is 20.8. The summed E-state index contributed by atoms with van der Waals surface area (Å²) in [5, 5.41) is 9.20. The Labute approximate surface area is 216 Å². The number of hydrogen-bond donors (Lipinski definition) is 0. The van der Waals surface area contributed by atoms with Crippen LogP contribution in [-0.4, -0.2) is 17.6 Å². The third-order valence-electron chi connectivity index (χ3n) is 8.82. The third kappa shape index (κ3) is 2.70. The Balaban J connectivity index is 1.65. The van der Waals surface area contributed by atoms with Crippen molar-refractivity contribution >= 4 is 34.4 Å². The minimum Gasteiger partial charge on any atom is -0.298 e. The van der Waals surface area contributed by atoms with Gasteiger partial charge in [0.25, 0.3) is 0 Å². The van der Waals surface area contributed by atoms with Crippen LogP contribution >= 0.6 is 0 Å². The SMILES string of the molecule is CC[C@]12C(=O)[C@@](CC)(C(c3ccccc3)=C1c1ccccc1)[C@H]1C(=O)N(c3ccc(C#N)cc3)C(=O)[C@H]12. The van der Waals surface area contributed by atoms with Gasteiger partial charge in [-0.3, -0.25) is 14.4 Å². The van der Waals surface area contributed by atoms with Crippen molar-refractivity contribution in [1.29, 1.82) is 5.26 Å². The summed E-state index contributed by atoms with van der Waals surface area (Å²) in [7, 11) is 0. The van der Waals surface area contributed by atoms with E-state index in [0.717, 1.165) is 22.3 Å². The number of benzene rings is 3. The Morgan fingerprint density at radius 2 is 1.14 bits per heavy atom. The highest BCUT2D eigenvalue weighted by molar-refractivity contribution is 6.34. The number of fused-ring (bicyclic) bond motifs is 5. The van der Waals surface area contributed by atoms with Crippen LogP contribution < -0.4 is 4.90 Å². The van der Waals surface area contributed by atoms with Gasteiger partial charge in [-0.05, 0) is 59.4 Å². The summed E-state index contributed by atoms with van der Waals surface area (Å²) in [4.78, 5) is 44.3. The topological polar surface area (TPSA) is 78.2 Å². The largest absolute Gasteiger partial charge is 0.298 e. The van der Waals surface area contributed by atoms with Gasteiger partial charge in [-0.2, -0.15) is 5.26 Å². The predicted molar refractivity (Wildman–Crippen MR) is 141 cm³/mol. The van der Waals surface area contributed by atoms with E-state index in [1.165, 1.54) is 4.90 Å². The molecule has 0 N–H and O–H groups in total. The molecule has 2 fully saturated rings. The highest BCUT2D eigenvalue weighted by Crippen LogP contribution is 2.75. The lowest BCUT2D eigenvalue weighted by atomic mass is 9.60. The van der Waals surface area contributed by atoms with Crippen LogP contribution in [0.25, 0.3) is 11.1 Å². The number of anilines is 1. The predicted octanol–water partition coefficient (Wildman–Crippen LogP) is 5.66. The van der Waals surface area contributed by atoms with Crippen molar-refractivity contribution in [2.24, 2.45) is 22.7 Å². The second-order valence-corrected chi connectivity index (χ2v) is 10.1. The van der Waals surface area contributed by atoms with E-state index < -0.39 is 22.7 Å². The van der Waals surface area contributed by atoms with Crippen LogP contribution in [0.1, 0.15) is 43.4 Å². The quantitative estimate of drug-likeness (QED) is 0.436. The fourth-order valence-electron chi connectivity index (χ4n) is 7.39. The molecule has 5 nitrogen and oxygen atoms in total. The fourth-order valence-corrected chi connectivity index (χ4v) is 7.39. The molecule has 1 aliphatic heterocycles. The number of imide groups is 1. The molecule has 2 aliphatic carbocycles. The molecule has 0 aromatic heterocycles. The van der Waals surface area contributed by atoms with E-state index in [4.69, 9.17) is 0 Å². The Hall–Kier alpha value is -4.30. The molecule has 3 aromatic rings. The number of Topliss-reactive ketones (excluding diaryl/α,β-unsaturated/α-hetero) is 1. The standard InChI is InChI=1S/C32H26N2O3/c1-3-31-24(21-11-7-5-8-12-21)25(22-13-9-6-10-14-22)32(4-2,30(31)37)27-26(31)28(35)34(29(27)36)23-17-15-20(19-33)16-18-23/h5-18,26-27H,3-4H2,1-2H3/t26-,27+,31-,32-/m0/s1. The summed E-state index contributed by atoms with van der Waals surface area (Å²) in [6, 6.07) is 28.3. The summed E-state index contributed by atoms with van der Waals surface area (Å²) in [5.74, 6) is -2.19. The first kappa shape index (κ1) is 23.1. The zero-order chi connectivity index (χ0) is 25.9. The van der Waals surface area contributed by atoms with Gasteiger partial charge in [0.1, 0.15) is 0 Å². The number of allylic oxidation sites excluding steroid dienone is 2. The highest BCUT2D eigenvalue weighted by Gasteiger charge is 2.80. The summed E-state index contributed by atoms with van der Waals surface area (Å²) >= 11 is 0. The van der Waals surface area contributed by atoms with Crippen LogP contribution in [0.3, 0.4) is 0 Å². The minimum atomic E-state index is -1.10. The van der Waals surface area contributed by atoms with E-state index in [-0.39, 0.29) is 17.6 Å². The van der Waals surface area contributed by atoms with Crippen LogP contribution in [0, 0.1) is 34.0 Å². The van der Waals surface area contributed by atoms with Gasteiger partial charge in [0, 0.05) is 0 Å². The molecule has 0 spiro atoms. The van der Waals surface area contributed by atoms with E-state index in [0.29, 0.717) is 24.1 Å². The molecule has 1 saturated carbocycles. The second kappa shape index (κ2) is 8.11. The molecule has 37 heavy (non-hydrogen) atoms. The second-order valence-electron chi connectivity index (χ2n) is 10.1. The van der Waals surface area contributed by atoms with Gasteiger partial charge in [0.2, 0.25) is 11.8 Å². The zero-order valence-corrected chi connectivity index (χ0v) is 20.8. The van der Waals surface area contributed by atoms with E-state index >= 15 is 0 Å². The molecule has 2 bridgehead atoms. The molecule has 0 unspecified atom stereocenters. The lowest BCUT2D eigenvalue weighted by Gasteiger charge is -2.38. The van der Waals surface area contributed by atoms with Gasteiger partial charge in [-0.15, -0.1) is 0 Å². The maximum atomic E-state index is 14.7. The van der Waals surface area contributed by atoms with Gasteiger partial charge in [0.15, 0.2) is 5.78 Å². The van der Waals surface area contributed by atoms with Gasteiger partial charge in [-0.25, -0.2) is 4.90 Å². The van der Waals surface area contributed by atoms with Crippen molar-refractivity contribution in [2.75, 3.05) is 4.90 Å². The van der Waals surface area contributed by atoms with Crippen molar-refractivity contribution in [3.8, 4) is 6.07 Å². The van der Waals surface area contributed by atoms with Crippen LogP contribution in [0.4, 0.5) is 5.69 Å². The van der Waals surface area contributed by atoms with Crippen molar-refractivity contribution < 1.29 is 14.4 Å². The average molecular weight is 487 g/mol. The molecular weight excluding hydrogens is 460 g/mol. The first-order valence-electron chi connectivity index (χ1n) is 12.8. The molecule has 5 heteroatoms. The number of nitriles is 1. The number of nitrogens with zero attached hydrogens (tertiary/aromatic N) is 2. The summed E-state index contributed by atoms with van der Waals surface area (Å²) in [6.45, 7) is 3.92. The van der Waals surface area contributed by atoms with E-state index in [1.807, 2.05) is 74.5 Å². The van der Waals surface area contributed by atoms with Crippen molar-refractivity contribution in [1.82, 2.24) is 0 Å². The van der Waals surface area contributed by atoms with Crippen molar-refractivity contribution in [3.05, 3.63) is 102 Å². The summed E-state index contributed by atoms with van der Waals surface area (Å²) in [6.07, 6.45) is 0.852. The molecule has 0 radical (unpaired) electrons. The number of carbonyl (C=O) groups excluding carboxylic acids is 3. The van der Waals surface area contributed by atoms with E-state index in [1.54, 1.807) is 24.3 Å². The van der Waals surface area contributed by atoms with E-state index in [9.17, 15) is 19.6 Å². The molecule has 4 atom stereocenters. The summed E-state index contributed by atoms with van der Waals surface area (Å²) < 4.78 is 0. The fraction of sp³-hybridized carbons (Fsp3) is 0.250. The van der Waals surface area contributed by atoms with Crippen LogP contribution in [-0.2, 0) is 14.4 Å². The average Bonchev–Trinajstić information content (AvgIpc) is 3.45. The smallest absolute Gasteiger partial charge is 0.239 e. The molecule has 1 heterocycles. The van der Waals surface area contributed by atoms with E-state index in [2.05, 4.69) is 6.07 Å². The number of rotatable bonds is 5. The first-order valence-corrected chi connectivity index (χ1v) is 12.8. The summed E-state index contributed by atoms with van der Waals surface area (Å²) in [5.41, 5.74) is 2.31. The maximum absolute atomic E-state index is 14.7. The monoisotopic (exact) mass is 486 g/mol. The van der Waals surface area contributed by atoms with Crippen molar-refractivity contribution in [3.63, 3.8) is 0 Å². The van der Waals surface area contributed by atoms with Crippen LogP contribution in [0.15, 0.2) is 84.9 Å². The van der Waals surface area contributed by atoms with Crippen LogP contribution in [0.2, 0.25) is 0 Å². The number of carbonyl (C=O) groups is 3. The van der Waals surface area contributed by atoms with Gasteiger partial charge < -0.3 is 0 Å². The molecule has 182 valence electrons. The van der Waals surface area contributed by atoms with Gasteiger partial charge in [-0.1, -0.05) is 74.5 Å². The molecule has 3 aliphatic rings. The van der Waals surface area contributed by atoms with Gasteiger partial charge in [0.05, 0.1) is 40.0 Å². The Morgan fingerprint density at radius 1 is 0.703 bits per heavy atom. The number of amides is 2. The first-order chi connectivity index (χ1) is 18.0. The molecule has 3 aromatic carbocycles. The molecule has 6 rings (SSSR count). The molecular formula is C32H26N2O3.